The molecule has 1 aliphatic heterocycles. The Bertz CT molecular complexity index is 907. The van der Waals surface area contributed by atoms with E-state index in [0.29, 0.717) is 19.7 Å². The first-order valence-electron chi connectivity index (χ1n) is 8.94. The number of nitrogens with zero attached hydrogens (tertiary/aromatic N) is 2. The van der Waals surface area contributed by atoms with Crippen LogP contribution in [0.15, 0.2) is 48.5 Å². The number of aromatic amines is 1. The summed E-state index contributed by atoms with van der Waals surface area (Å²) in [7, 11) is 0. The van der Waals surface area contributed by atoms with Crippen LogP contribution in [0, 0.1) is 0 Å². The van der Waals surface area contributed by atoms with E-state index in [9.17, 15) is 4.79 Å². The van der Waals surface area contributed by atoms with Crippen LogP contribution in [-0.4, -0.2) is 40.6 Å². The molecule has 1 atom stereocenters. The van der Waals surface area contributed by atoms with Gasteiger partial charge in [-0.05, 0) is 23.8 Å². The Morgan fingerprint density at radius 1 is 1.31 bits per heavy atom. The molecule has 26 heavy (non-hydrogen) atoms. The van der Waals surface area contributed by atoms with Crippen molar-refractivity contribution in [1.29, 1.82) is 0 Å². The molecule has 1 aromatic heterocycles. The number of H-pyrrole nitrogens is 1. The Morgan fingerprint density at radius 3 is 2.96 bits per heavy atom. The van der Waals surface area contributed by atoms with Crippen LogP contribution in [0.25, 0.3) is 11.0 Å². The van der Waals surface area contributed by atoms with Crippen LogP contribution in [0.4, 0.5) is 10.5 Å². The minimum Gasteiger partial charge on any atom is -0.370 e. The molecule has 2 aromatic carbocycles. The van der Waals surface area contributed by atoms with Crippen molar-refractivity contribution in [3.05, 3.63) is 59.9 Å². The average molecular weight is 350 g/mol. The summed E-state index contributed by atoms with van der Waals surface area (Å²) in [4.78, 5) is 22.2. The molecular formula is C20H22N4O2. The first-order chi connectivity index (χ1) is 12.7. The first kappa shape index (κ1) is 16.6. The number of rotatable bonds is 3. The van der Waals surface area contributed by atoms with Gasteiger partial charge in [0.25, 0.3) is 0 Å². The molecule has 6 nitrogen and oxygen atoms in total. The molecule has 0 aliphatic carbocycles. The molecule has 1 fully saturated rings. The summed E-state index contributed by atoms with van der Waals surface area (Å²) in [5.74, 6) is 0.947. The zero-order valence-corrected chi connectivity index (χ0v) is 14.7. The van der Waals surface area contributed by atoms with Gasteiger partial charge in [-0.3, -0.25) is 0 Å². The Labute approximate surface area is 152 Å². The van der Waals surface area contributed by atoms with E-state index in [0.717, 1.165) is 34.5 Å². The zero-order chi connectivity index (χ0) is 17.9. The Kier molecular flexibility index (Phi) is 4.58. The summed E-state index contributed by atoms with van der Waals surface area (Å²) in [5, 5.41) is 2.99. The van der Waals surface area contributed by atoms with Crippen LogP contribution in [0.1, 0.15) is 24.4 Å². The number of amides is 2. The molecule has 6 heteroatoms. The number of carbonyl (C=O) groups excluding carboxylic acids is 1. The highest BCUT2D eigenvalue weighted by atomic mass is 16.5. The van der Waals surface area contributed by atoms with E-state index in [-0.39, 0.29) is 12.1 Å². The number of hydrogen-bond donors (Lipinski definition) is 2. The van der Waals surface area contributed by atoms with Gasteiger partial charge in [0.15, 0.2) is 0 Å². The summed E-state index contributed by atoms with van der Waals surface area (Å²) in [6.07, 6.45) is 0.767. The third kappa shape index (κ3) is 3.41. The lowest BCUT2D eigenvalue weighted by Gasteiger charge is -2.33. The van der Waals surface area contributed by atoms with Crippen molar-refractivity contribution in [1.82, 2.24) is 14.9 Å². The lowest BCUT2D eigenvalue weighted by Crippen LogP contribution is -2.44. The van der Waals surface area contributed by atoms with Crippen LogP contribution < -0.4 is 5.32 Å². The molecule has 3 aromatic rings. The van der Waals surface area contributed by atoms with Gasteiger partial charge >= 0.3 is 6.03 Å². The molecule has 0 radical (unpaired) electrons. The molecule has 2 heterocycles. The molecule has 0 spiro atoms. The standard InChI is InChI=1S/C20H22N4O2/c1-2-19-22-16-9-8-15(12-17(16)23-19)21-20(25)24-10-11-26-18(13-24)14-6-4-3-5-7-14/h3-9,12,18H,2,10-11,13H2,1H3,(H,21,25)(H,22,23). The molecule has 1 unspecified atom stereocenters. The molecule has 0 saturated carbocycles. The van der Waals surface area contributed by atoms with E-state index in [1.165, 1.54) is 0 Å². The van der Waals surface area contributed by atoms with E-state index in [1.54, 1.807) is 4.90 Å². The topological polar surface area (TPSA) is 70.2 Å². The maximum Gasteiger partial charge on any atom is 0.322 e. The summed E-state index contributed by atoms with van der Waals surface area (Å²) < 4.78 is 5.83. The van der Waals surface area contributed by atoms with Crippen molar-refractivity contribution in [3.63, 3.8) is 0 Å². The predicted octanol–water partition coefficient (Wildman–Crippen LogP) is 3.73. The molecule has 1 saturated heterocycles. The van der Waals surface area contributed by atoms with Crippen LogP contribution >= 0.6 is 0 Å². The van der Waals surface area contributed by atoms with Crippen LogP contribution in [0.2, 0.25) is 0 Å². The van der Waals surface area contributed by atoms with Gasteiger partial charge in [0, 0.05) is 18.7 Å². The second-order valence-electron chi connectivity index (χ2n) is 6.42. The molecule has 1 aliphatic rings. The number of nitrogens with one attached hydrogen (secondary N) is 2. The van der Waals surface area contributed by atoms with E-state index in [1.807, 2.05) is 48.5 Å². The summed E-state index contributed by atoms with van der Waals surface area (Å²) in [6, 6.07) is 15.6. The quantitative estimate of drug-likeness (QED) is 0.756. The fraction of sp³-hybridized carbons (Fsp3) is 0.300. The molecule has 4 rings (SSSR count). The van der Waals surface area contributed by atoms with Gasteiger partial charge in [-0.25, -0.2) is 9.78 Å². The molecular weight excluding hydrogens is 328 g/mol. The van der Waals surface area contributed by atoms with Gasteiger partial charge in [0.1, 0.15) is 11.9 Å². The molecule has 0 bridgehead atoms. The SMILES string of the molecule is CCc1nc2ccc(NC(=O)N3CCOC(c4ccccc4)C3)cc2[nH]1. The highest BCUT2D eigenvalue weighted by molar-refractivity contribution is 5.92. The highest BCUT2D eigenvalue weighted by Crippen LogP contribution is 2.23. The third-order valence-electron chi connectivity index (χ3n) is 4.64. The van der Waals surface area contributed by atoms with Gasteiger partial charge in [0.05, 0.1) is 24.2 Å². The van der Waals surface area contributed by atoms with E-state index >= 15 is 0 Å². The fourth-order valence-electron chi connectivity index (χ4n) is 3.21. The normalized spacial score (nSPS) is 17.4. The van der Waals surface area contributed by atoms with Crippen molar-refractivity contribution in [3.8, 4) is 0 Å². The van der Waals surface area contributed by atoms with Crippen molar-refractivity contribution < 1.29 is 9.53 Å². The molecule has 2 amide bonds. The summed E-state index contributed by atoms with van der Waals surface area (Å²) in [5.41, 5.74) is 3.70. The van der Waals surface area contributed by atoms with Crippen LogP contribution in [-0.2, 0) is 11.2 Å². The zero-order valence-electron chi connectivity index (χ0n) is 14.7. The van der Waals surface area contributed by atoms with Gasteiger partial charge in [-0.15, -0.1) is 0 Å². The van der Waals surface area contributed by atoms with E-state index in [4.69, 9.17) is 4.74 Å². The number of carbonyl (C=O) groups is 1. The second-order valence-corrected chi connectivity index (χ2v) is 6.42. The maximum absolute atomic E-state index is 12.7. The lowest BCUT2D eigenvalue weighted by atomic mass is 10.1. The average Bonchev–Trinajstić information content (AvgIpc) is 3.11. The molecule has 134 valence electrons. The minimum atomic E-state index is -0.108. The van der Waals surface area contributed by atoms with Crippen molar-refractivity contribution in [2.24, 2.45) is 0 Å². The van der Waals surface area contributed by atoms with Crippen molar-refractivity contribution >= 4 is 22.8 Å². The van der Waals surface area contributed by atoms with E-state index in [2.05, 4.69) is 22.2 Å². The predicted molar refractivity (Wildman–Crippen MR) is 101 cm³/mol. The Hall–Kier alpha value is -2.86. The number of urea groups is 1. The number of ether oxygens (including phenoxy) is 1. The van der Waals surface area contributed by atoms with Crippen molar-refractivity contribution in [2.45, 2.75) is 19.4 Å². The van der Waals surface area contributed by atoms with Gasteiger partial charge in [0.2, 0.25) is 0 Å². The molecule has 2 N–H and O–H groups in total. The second kappa shape index (κ2) is 7.17. The highest BCUT2D eigenvalue weighted by Gasteiger charge is 2.25. The number of benzene rings is 2. The largest absolute Gasteiger partial charge is 0.370 e. The number of aromatic nitrogens is 2. The number of aryl methyl sites for hydroxylation is 1. The Morgan fingerprint density at radius 2 is 2.15 bits per heavy atom. The van der Waals surface area contributed by atoms with E-state index < -0.39 is 0 Å². The first-order valence-corrected chi connectivity index (χ1v) is 8.94. The summed E-state index contributed by atoms with van der Waals surface area (Å²) in [6.45, 7) is 3.72. The smallest absolute Gasteiger partial charge is 0.322 e. The summed E-state index contributed by atoms with van der Waals surface area (Å²) >= 11 is 0. The third-order valence-corrected chi connectivity index (χ3v) is 4.64. The van der Waals surface area contributed by atoms with Crippen molar-refractivity contribution in [2.75, 3.05) is 25.0 Å². The minimum absolute atomic E-state index is 0.0853. The monoisotopic (exact) mass is 350 g/mol. The number of fused-ring (bicyclic) bond motifs is 1. The maximum atomic E-state index is 12.7. The Balaban J connectivity index is 1.45. The number of morpholine rings is 1. The number of hydrogen-bond acceptors (Lipinski definition) is 3. The number of anilines is 1. The van der Waals surface area contributed by atoms with Crippen LogP contribution in [0.3, 0.4) is 0 Å². The lowest BCUT2D eigenvalue weighted by molar-refractivity contribution is -0.0135. The fourth-order valence-corrected chi connectivity index (χ4v) is 3.21. The van der Waals surface area contributed by atoms with Gasteiger partial charge < -0.3 is 19.9 Å². The number of imidazole rings is 1. The van der Waals surface area contributed by atoms with Gasteiger partial charge in [-0.2, -0.15) is 0 Å². The van der Waals surface area contributed by atoms with Crippen LogP contribution in [0.5, 0.6) is 0 Å². The van der Waals surface area contributed by atoms with Gasteiger partial charge in [-0.1, -0.05) is 37.3 Å².